The van der Waals surface area contributed by atoms with Crippen molar-refractivity contribution in [3.63, 3.8) is 0 Å². The molecule has 3 aliphatic rings. The number of carbonyl (C=O) groups is 1. The van der Waals surface area contributed by atoms with Gasteiger partial charge in [-0.15, -0.1) is 12.4 Å². The maximum Gasteiger partial charge on any atom is 0.240 e. The molecule has 2 unspecified atom stereocenters. The van der Waals surface area contributed by atoms with Crippen molar-refractivity contribution in [2.75, 3.05) is 19.6 Å². The van der Waals surface area contributed by atoms with Crippen LogP contribution in [0.25, 0.3) is 0 Å². The van der Waals surface area contributed by atoms with Crippen molar-refractivity contribution >= 4 is 28.3 Å². The predicted molar refractivity (Wildman–Crippen MR) is 111 cm³/mol. The normalized spacial score (nSPS) is 24.2. The van der Waals surface area contributed by atoms with E-state index in [0.29, 0.717) is 10.9 Å². The average Bonchev–Trinajstić information content (AvgIpc) is 2.93. The summed E-state index contributed by atoms with van der Waals surface area (Å²) >= 11 is 0. The van der Waals surface area contributed by atoms with E-state index in [1.165, 1.54) is 12.0 Å². The highest BCUT2D eigenvalue weighted by Gasteiger charge is 2.37. The first-order valence-electron chi connectivity index (χ1n) is 10.2. The zero-order chi connectivity index (χ0) is 18.9. The van der Waals surface area contributed by atoms with Gasteiger partial charge in [-0.05, 0) is 74.8 Å². The third kappa shape index (κ3) is 4.53. The van der Waals surface area contributed by atoms with Crippen LogP contribution >= 0.6 is 12.4 Å². The number of halogens is 1. The summed E-state index contributed by atoms with van der Waals surface area (Å²) in [7, 11) is -3.57. The molecular weight excluding hydrogens is 398 g/mol. The molecule has 8 heteroatoms. The summed E-state index contributed by atoms with van der Waals surface area (Å²) in [6, 6.07) is 6.02. The van der Waals surface area contributed by atoms with Crippen molar-refractivity contribution in [1.29, 1.82) is 0 Å². The molecule has 2 N–H and O–H groups in total. The molecule has 1 aromatic rings. The largest absolute Gasteiger partial charge is 0.335 e. The molecule has 2 atom stereocenters. The van der Waals surface area contributed by atoms with Gasteiger partial charge >= 0.3 is 0 Å². The van der Waals surface area contributed by atoms with E-state index in [-0.39, 0.29) is 37.3 Å². The number of nitrogens with zero attached hydrogens (tertiary/aromatic N) is 1. The van der Waals surface area contributed by atoms with E-state index in [2.05, 4.69) is 10.0 Å². The first kappa shape index (κ1) is 21.6. The van der Waals surface area contributed by atoms with E-state index < -0.39 is 10.0 Å². The molecule has 4 rings (SSSR count). The minimum Gasteiger partial charge on any atom is -0.335 e. The Bertz CT molecular complexity index is 801. The smallest absolute Gasteiger partial charge is 0.240 e. The zero-order valence-electron chi connectivity index (χ0n) is 16.2. The maximum atomic E-state index is 12.7. The van der Waals surface area contributed by atoms with Crippen molar-refractivity contribution in [3.05, 3.63) is 29.3 Å². The molecule has 1 aliphatic carbocycles. The summed E-state index contributed by atoms with van der Waals surface area (Å²) < 4.78 is 27.9. The number of sulfonamides is 1. The molecule has 0 saturated carbocycles. The number of hydrogen-bond donors (Lipinski definition) is 2. The van der Waals surface area contributed by atoms with Crippen LogP contribution in [0, 0.1) is 0 Å². The van der Waals surface area contributed by atoms with Crippen LogP contribution in [-0.4, -0.2) is 50.9 Å². The molecule has 6 nitrogen and oxygen atoms in total. The van der Waals surface area contributed by atoms with Crippen LogP contribution in [0.2, 0.25) is 0 Å². The Kier molecular flexibility index (Phi) is 7.02. The van der Waals surface area contributed by atoms with Gasteiger partial charge in [0, 0.05) is 31.6 Å². The molecule has 0 radical (unpaired) electrons. The summed E-state index contributed by atoms with van der Waals surface area (Å²) in [5.74, 6) is 0.0688. The molecule has 1 amide bonds. The van der Waals surface area contributed by atoms with Gasteiger partial charge in [0.15, 0.2) is 0 Å². The Morgan fingerprint density at radius 3 is 2.68 bits per heavy atom. The fourth-order valence-corrected chi connectivity index (χ4v) is 5.85. The fourth-order valence-electron chi connectivity index (χ4n) is 4.77. The van der Waals surface area contributed by atoms with E-state index >= 15 is 0 Å². The van der Waals surface area contributed by atoms with Gasteiger partial charge in [-0.25, -0.2) is 13.1 Å². The highest BCUT2D eigenvalue weighted by Crippen LogP contribution is 2.28. The number of carbonyl (C=O) groups excluding carboxylic acids is 1. The topological polar surface area (TPSA) is 78.5 Å². The summed E-state index contributed by atoms with van der Waals surface area (Å²) in [5.41, 5.74) is 2.41. The lowest BCUT2D eigenvalue weighted by molar-refractivity contribution is -0.133. The van der Waals surface area contributed by atoms with Gasteiger partial charge in [0.05, 0.1) is 4.90 Å². The second-order valence-corrected chi connectivity index (χ2v) is 9.73. The van der Waals surface area contributed by atoms with Crippen molar-refractivity contribution in [1.82, 2.24) is 14.9 Å². The summed E-state index contributed by atoms with van der Waals surface area (Å²) in [6.45, 7) is 1.96. The fraction of sp³-hybridized carbons (Fsp3) is 0.650. The number of aryl methyl sites for hydroxylation is 2. The maximum absolute atomic E-state index is 12.7. The Labute approximate surface area is 173 Å². The van der Waals surface area contributed by atoms with Crippen LogP contribution in [0.15, 0.2) is 23.1 Å². The van der Waals surface area contributed by atoms with Gasteiger partial charge in [0.1, 0.15) is 0 Å². The molecule has 2 heterocycles. The number of benzene rings is 1. The van der Waals surface area contributed by atoms with E-state index in [1.807, 2.05) is 11.0 Å². The number of fused-ring (bicyclic) bond motifs is 3. The highest BCUT2D eigenvalue weighted by atomic mass is 35.5. The van der Waals surface area contributed by atoms with Crippen LogP contribution in [0.1, 0.15) is 49.7 Å². The number of amides is 1. The molecule has 28 heavy (non-hydrogen) atoms. The van der Waals surface area contributed by atoms with E-state index in [1.54, 1.807) is 12.1 Å². The lowest BCUT2D eigenvalue weighted by atomic mass is 9.92. The van der Waals surface area contributed by atoms with Gasteiger partial charge in [-0.1, -0.05) is 6.07 Å². The highest BCUT2D eigenvalue weighted by molar-refractivity contribution is 7.89. The molecule has 2 saturated heterocycles. The van der Waals surface area contributed by atoms with Crippen molar-refractivity contribution < 1.29 is 13.2 Å². The Balaban J connectivity index is 0.00000225. The number of nitrogens with one attached hydrogen (secondary N) is 2. The lowest BCUT2D eigenvalue weighted by Gasteiger charge is -2.28. The van der Waals surface area contributed by atoms with Crippen molar-refractivity contribution in [3.8, 4) is 0 Å². The number of hydrogen-bond acceptors (Lipinski definition) is 4. The van der Waals surface area contributed by atoms with E-state index in [9.17, 15) is 13.2 Å². The second kappa shape index (κ2) is 9.11. The zero-order valence-corrected chi connectivity index (χ0v) is 17.8. The third-order valence-electron chi connectivity index (χ3n) is 6.20. The van der Waals surface area contributed by atoms with Gasteiger partial charge in [0.2, 0.25) is 15.9 Å². The second-order valence-electron chi connectivity index (χ2n) is 7.96. The first-order chi connectivity index (χ1) is 13.0. The summed E-state index contributed by atoms with van der Waals surface area (Å²) in [4.78, 5) is 15.0. The van der Waals surface area contributed by atoms with Gasteiger partial charge in [-0.3, -0.25) is 4.79 Å². The summed E-state index contributed by atoms with van der Waals surface area (Å²) in [6.07, 6.45) is 7.59. The first-order valence-corrected chi connectivity index (χ1v) is 11.7. The monoisotopic (exact) mass is 427 g/mol. The molecule has 0 aromatic heterocycles. The summed E-state index contributed by atoms with van der Waals surface area (Å²) in [5, 5.41) is 3.38. The molecule has 156 valence electrons. The molecule has 2 fully saturated rings. The van der Waals surface area contributed by atoms with Crippen molar-refractivity contribution in [2.24, 2.45) is 0 Å². The SMILES string of the molecule is Cl.O=C(CCNS(=O)(=O)c1ccc2c(c1)CCCC2)N1C2CCNCC1CC2. The van der Waals surface area contributed by atoms with Crippen LogP contribution in [-0.2, 0) is 27.7 Å². The van der Waals surface area contributed by atoms with Gasteiger partial charge in [-0.2, -0.15) is 0 Å². The molecule has 2 aliphatic heterocycles. The number of rotatable bonds is 5. The molecule has 0 spiro atoms. The quantitative estimate of drug-likeness (QED) is 0.753. The van der Waals surface area contributed by atoms with Crippen LogP contribution in [0.5, 0.6) is 0 Å². The Morgan fingerprint density at radius 1 is 1.11 bits per heavy atom. The molecular formula is C20H30ClN3O3S. The Morgan fingerprint density at radius 2 is 1.86 bits per heavy atom. The van der Waals surface area contributed by atoms with Gasteiger partial charge < -0.3 is 10.2 Å². The minimum absolute atomic E-state index is 0. The van der Waals surface area contributed by atoms with Gasteiger partial charge in [0.25, 0.3) is 0 Å². The Hall–Kier alpha value is -1.15. The minimum atomic E-state index is -3.57. The van der Waals surface area contributed by atoms with Crippen molar-refractivity contribution in [2.45, 2.75) is 68.3 Å². The van der Waals surface area contributed by atoms with Crippen LogP contribution in [0.3, 0.4) is 0 Å². The lowest BCUT2D eigenvalue weighted by Crippen LogP contribution is -2.43. The molecule has 1 aromatic carbocycles. The van der Waals surface area contributed by atoms with Crippen LogP contribution < -0.4 is 10.0 Å². The van der Waals surface area contributed by atoms with E-state index in [0.717, 1.165) is 57.2 Å². The third-order valence-corrected chi connectivity index (χ3v) is 7.66. The molecule has 2 bridgehead atoms. The standard InChI is InChI=1S/C20H29N3O3S.ClH/c24-20(23-17-6-7-18(23)14-21-11-9-17)10-12-22-27(25,26)19-8-5-15-3-1-2-4-16(15)13-19;/h5,8,13,17-18,21-22H,1-4,6-7,9-12,14H2;1H. The predicted octanol–water partition coefficient (Wildman–Crippen LogP) is 2.01. The average molecular weight is 428 g/mol. The van der Waals surface area contributed by atoms with E-state index in [4.69, 9.17) is 0 Å². The van der Waals surface area contributed by atoms with Crippen LogP contribution in [0.4, 0.5) is 0 Å².